The fraction of sp³-hybridized carbons (Fsp3) is 0. The number of hydrogen-bond donors (Lipinski definition) is 0. The second-order valence-corrected chi connectivity index (χ2v) is 3.84. The van der Waals surface area contributed by atoms with Crippen LogP contribution in [-0.4, -0.2) is 0 Å². The quantitative estimate of drug-likeness (QED) is 0.518. The summed E-state index contributed by atoms with van der Waals surface area (Å²) < 4.78 is 0. The summed E-state index contributed by atoms with van der Waals surface area (Å²) in [5, 5.41) is 4.85. The molecule has 3 aromatic rings. The molecule has 0 aliphatic rings. The van der Waals surface area contributed by atoms with E-state index in [1.54, 1.807) is 6.08 Å². The molecule has 0 nitrogen and oxygen atoms in total. The molecule has 0 bridgehead atoms. The summed E-state index contributed by atoms with van der Waals surface area (Å²) in [6.07, 6.45) is 1.61. The zero-order valence-corrected chi connectivity index (χ0v) is 8.77. The zero-order valence-electron chi connectivity index (χ0n) is 8.77. The van der Waals surface area contributed by atoms with Crippen molar-refractivity contribution in [2.45, 2.75) is 0 Å². The molecule has 0 atom stereocenters. The fourth-order valence-corrected chi connectivity index (χ4v) is 2.07. The molecule has 0 aliphatic heterocycles. The highest BCUT2D eigenvalue weighted by Crippen LogP contribution is 2.25. The minimum absolute atomic E-state index is 0.961. The van der Waals surface area contributed by atoms with E-state index < -0.39 is 0 Å². The van der Waals surface area contributed by atoms with Crippen LogP contribution in [-0.2, 0) is 0 Å². The van der Waals surface area contributed by atoms with Crippen LogP contribution in [0.1, 0.15) is 5.56 Å². The molecule has 3 rings (SSSR count). The molecule has 0 heteroatoms. The van der Waals surface area contributed by atoms with Crippen molar-refractivity contribution in [2.24, 2.45) is 0 Å². The Hall–Kier alpha value is -2.08. The van der Waals surface area contributed by atoms with E-state index in [2.05, 4.69) is 42.5 Å². The number of benzene rings is 3. The van der Waals surface area contributed by atoms with Gasteiger partial charge in [0.05, 0.1) is 0 Å². The third kappa shape index (κ3) is 1.31. The van der Waals surface area contributed by atoms with E-state index in [9.17, 15) is 0 Å². The van der Waals surface area contributed by atoms with Gasteiger partial charge >= 0.3 is 0 Å². The summed E-state index contributed by atoms with van der Waals surface area (Å²) >= 11 is 0. The van der Waals surface area contributed by atoms with E-state index >= 15 is 0 Å². The van der Waals surface area contributed by atoms with Gasteiger partial charge in [0.1, 0.15) is 0 Å². The van der Waals surface area contributed by atoms with Gasteiger partial charge in [-0.25, -0.2) is 0 Å². The molecule has 16 heavy (non-hydrogen) atoms. The van der Waals surface area contributed by atoms with Crippen molar-refractivity contribution >= 4 is 27.6 Å². The maximum absolute atomic E-state index is 5.60. The Morgan fingerprint density at radius 1 is 0.938 bits per heavy atom. The van der Waals surface area contributed by atoms with Gasteiger partial charge in [-0.05, 0) is 45.3 Å². The highest BCUT2D eigenvalue weighted by molar-refractivity contribution is 6.01. The molecule has 0 spiro atoms. The Kier molecular flexibility index (Phi) is 2.00. The van der Waals surface area contributed by atoms with Crippen LogP contribution in [0.25, 0.3) is 27.6 Å². The fourth-order valence-electron chi connectivity index (χ4n) is 2.07. The van der Waals surface area contributed by atoms with Crippen molar-refractivity contribution < 1.29 is 0 Å². The molecule has 2 radical (unpaired) electrons. The molecular weight excluding hydrogens is 192 g/mol. The molecule has 0 aromatic heterocycles. The standard InChI is InChI=1S/C16H10/c1-2-12-8-5-9-15-10-13-6-3-4-7-14(13)11-16(12)15/h1-7,9-11H. The zero-order chi connectivity index (χ0) is 11.0. The lowest BCUT2D eigenvalue weighted by Crippen LogP contribution is -1.80. The first-order valence-corrected chi connectivity index (χ1v) is 5.26. The minimum Gasteiger partial charge on any atom is -0.0616 e. The third-order valence-corrected chi connectivity index (χ3v) is 2.88. The second-order valence-electron chi connectivity index (χ2n) is 3.84. The van der Waals surface area contributed by atoms with E-state index in [4.69, 9.17) is 6.58 Å². The summed E-state index contributed by atoms with van der Waals surface area (Å²) in [5.74, 6) is 0. The van der Waals surface area contributed by atoms with Crippen LogP contribution in [0.2, 0.25) is 0 Å². The Morgan fingerprint density at radius 3 is 2.44 bits per heavy atom. The summed E-state index contributed by atoms with van der Waals surface area (Å²) in [6, 6.07) is 19.8. The summed E-state index contributed by atoms with van der Waals surface area (Å²) in [6.45, 7) is 5.60. The molecule has 0 N–H and O–H groups in total. The first-order valence-electron chi connectivity index (χ1n) is 5.26. The summed E-state index contributed by atoms with van der Waals surface area (Å²) in [7, 11) is 0. The molecule has 0 saturated heterocycles. The molecule has 0 heterocycles. The van der Waals surface area contributed by atoms with Crippen LogP contribution in [0.4, 0.5) is 0 Å². The molecule has 0 aliphatic carbocycles. The SMILES string of the molecule is [CH]=Cc1[c]ccc2cc3ccccc3cc12. The maximum atomic E-state index is 5.60. The van der Waals surface area contributed by atoms with Crippen molar-refractivity contribution in [2.75, 3.05) is 0 Å². The average molecular weight is 202 g/mol. The summed E-state index contributed by atoms with van der Waals surface area (Å²) in [5.41, 5.74) is 0.961. The molecule has 0 unspecified atom stereocenters. The van der Waals surface area contributed by atoms with Crippen molar-refractivity contribution in [3.8, 4) is 0 Å². The van der Waals surface area contributed by atoms with Gasteiger partial charge in [0.15, 0.2) is 0 Å². The molecule has 3 aromatic carbocycles. The molecule has 0 saturated carbocycles. The normalized spacial score (nSPS) is 10.8. The topological polar surface area (TPSA) is 0 Å². The Balaban J connectivity index is 2.51. The van der Waals surface area contributed by atoms with Gasteiger partial charge in [0.25, 0.3) is 0 Å². The van der Waals surface area contributed by atoms with Crippen LogP contribution < -0.4 is 0 Å². The second kappa shape index (κ2) is 3.49. The monoisotopic (exact) mass is 202 g/mol. The Labute approximate surface area is 94.8 Å². The largest absolute Gasteiger partial charge is 0.0616 e. The van der Waals surface area contributed by atoms with E-state index in [-0.39, 0.29) is 0 Å². The van der Waals surface area contributed by atoms with E-state index in [1.807, 2.05) is 12.1 Å². The lowest BCUT2D eigenvalue weighted by atomic mass is 10.00. The molecule has 0 amide bonds. The first kappa shape index (κ1) is 9.17. The number of fused-ring (bicyclic) bond motifs is 2. The van der Waals surface area contributed by atoms with Gasteiger partial charge in [-0.15, -0.1) is 0 Å². The smallest absolute Gasteiger partial charge is 0.00987 e. The minimum atomic E-state index is 0.961. The lowest BCUT2D eigenvalue weighted by molar-refractivity contribution is 1.72. The van der Waals surface area contributed by atoms with Crippen LogP contribution in [0.5, 0.6) is 0 Å². The molecule has 0 fully saturated rings. The molecular formula is C16H10. The third-order valence-electron chi connectivity index (χ3n) is 2.88. The predicted molar refractivity (Wildman–Crippen MR) is 69.1 cm³/mol. The molecule has 74 valence electrons. The predicted octanol–water partition coefficient (Wildman–Crippen LogP) is 4.24. The van der Waals surface area contributed by atoms with Gasteiger partial charge in [-0.1, -0.05) is 49.1 Å². The van der Waals surface area contributed by atoms with E-state index in [0.29, 0.717) is 0 Å². The highest BCUT2D eigenvalue weighted by Gasteiger charge is 2.00. The van der Waals surface area contributed by atoms with E-state index in [1.165, 1.54) is 16.2 Å². The van der Waals surface area contributed by atoms with Crippen molar-refractivity contribution in [1.82, 2.24) is 0 Å². The Bertz CT molecular complexity index is 678. The van der Waals surface area contributed by atoms with Crippen LogP contribution in [0, 0.1) is 12.6 Å². The lowest BCUT2D eigenvalue weighted by Gasteiger charge is -2.04. The Morgan fingerprint density at radius 2 is 1.69 bits per heavy atom. The first-order chi connectivity index (χ1) is 7.88. The van der Waals surface area contributed by atoms with Gasteiger partial charge in [0.2, 0.25) is 0 Å². The average Bonchev–Trinajstić information content (AvgIpc) is 2.35. The van der Waals surface area contributed by atoms with Crippen molar-refractivity contribution in [3.05, 3.63) is 66.7 Å². The van der Waals surface area contributed by atoms with Gasteiger partial charge in [-0.2, -0.15) is 0 Å². The van der Waals surface area contributed by atoms with Gasteiger partial charge < -0.3 is 0 Å². The van der Waals surface area contributed by atoms with E-state index in [0.717, 1.165) is 10.9 Å². The van der Waals surface area contributed by atoms with Gasteiger partial charge in [0, 0.05) is 0 Å². The van der Waals surface area contributed by atoms with Crippen LogP contribution in [0.15, 0.2) is 48.5 Å². The summed E-state index contributed by atoms with van der Waals surface area (Å²) in [4.78, 5) is 0. The number of hydrogen-bond acceptors (Lipinski definition) is 0. The number of rotatable bonds is 1. The maximum Gasteiger partial charge on any atom is -0.00987 e. The van der Waals surface area contributed by atoms with Crippen molar-refractivity contribution in [3.63, 3.8) is 0 Å². The van der Waals surface area contributed by atoms with Gasteiger partial charge in [-0.3, -0.25) is 0 Å². The highest BCUT2D eigenvalue weighted by atomic mass is 14.0. The van der Waals surface area contributed by atoms with Crippen LogP contribution in [0.3, 0.4) is 0 Å². The van der Waals surface area contributed by atoms with Crippen LogP contribution >= 0.6 is 0 Å². The van der Waals surface area contributed by atoms with Crippen molar-refractivity contribution in [1.29, 1.82) is 0 Å².